The van der Waals surface area contributed by atoms with Gasteiger partial charge in [0.25, 0.3) is 0 Å². The molecular formula is C17H34N4. The Labute approximate surface area is 130 Å². The third-order valence-corrected chi connectivity index (χ3v) is 5.03. The Morgan fingerprint density at radius 2 is 1.95 bits per heavy atom. The van der Waals surface area contributed by atoms with Crippen LogP contribution in [0.1, 0.15) is 59.3 Å². The molecule has 1 aliphatic heterocycles. The van der Waals surface area contributed by atoms with Crippen molar-refractivity contribution in [2.24, 2.45) is 10.9 Å². The predicted octanol–water partition coefficient (Wildman–Crippen LogP) is 2.60. The second-order valence-corrected chi connectivity index (χ2v) is 7.32. The van der Waals surface area contributed by atoms with E-state index in [4.69, 9.17) is 0 Å². The molecule has 0 aromatic rings. The maximum atomic E-state index is 4.39. The summed E-state index contributed by atoms with van der Waals surface area (Å²) < 4.78 is 0. The van der Waals surface area contributed by atoms with Gasteiger partial charge in [-0.05, 0) is 58.5 Å². The summed E-state index contributed by atoms with van der Waals surface area (Å²) in [5.74, 6) is 1.84. The second-order valence-electron chi connectivity index (χ2n) is 7.32. The standard InChI is InChI=1S/C17H34N4/c1-5-9-14-12-15(14)20-16(18-4)19-13-17(2,3)21-10-7-6-8-11-21/h14-15H,5-13H2,1-4H3,(H2,18,19,20). The van der Waals surface area contributed by atoms with Gasteiger partial charge >= 0.3 is 0 Å². The highest BCUT2D eigenvalue weighted by molar-refractivity contribution is 5.80. The molecule has 2 aliphatic rings. The number of likely N-dealkylation sites (tertiary alicyclic amines) is 1. The number of hydrogen-bond acceptors (Lipinski definition) is 2. The normalized spacial score (nSPS) is 27.5. The minimum atomic E-state index is 0.199. The van der Waals surface area contributed by atoms with Crippen molar-refractivity contribution >= 4 is 5.96 Å². The van der Waals surface area contributed by atoms with Gasteiger partial charge in [0, 0.05) is 25.2 Å². The molecule has 21 heavy (non-hydrogen) atoms. The van der Waals surface area contributed by atoms with Gasteiger partial charge in [0.2, 0.25) is 0 Å². The van der Waals surface area contributed by atoms with E-state index in [1.165, 1.54) is 51.6 Å². The van der Waals surface area contributed by atoms with Crippen molar-refractivity contribution in [2.45, 2.75) is 70.9 Å². The van der Waals surface area contributed by atoms with Gasteiger partial charge in [-0.25, -0.2) is 0 Å². The van der Waals surface area contributed by atoms with E-state index in [2.05, 4.69) is 41.3 Å². The minimum absolute atomic E-state index is 0.199. The summed E-state index contributed by atoms with van der Waals surface area (Å²) in [4.78, 5) is 7.01. The molecule has 2 unspecified atom stereocenters. The minimum Gasteiger partial charge on any atom is -0.355 e. The Balaban J connectivity index is 1.74. The van der Waals surface area contributed by atoms with Crippen molar-refractivity contribution in [1.82, 2.24) is 15.5 Å². The van der Waals surface area contributed by atoms with Gasteiger partial charge < -0.3 is 10.6 Å². The van der Waals surface area contributed by atoms with Crippen LogP contribution < -0.4 is 10.6 Å². The van der Waals surface area contributed by atoms with Crippen LogP contribution >= 0.6 is 0 Å². The first kappa shape index (κ1) is 16.6. The lowest BCUT2D eigenvalue weighted by Crippen LogP contribution is -2.55. The SMILES string of the molecule is CCCC1CC1NC(=NC)NCC(C)(C)N1CCCCC1. The van der Waals surface area contributed by atoms with Gasteiger partial charge in [-0.15, -0.1) is 0 Å². The molecule has 2 N–H and O–H groups in total. The van der Waals surface area contributed by atoms with Crippen LogP contribution in [-0.4, -0.2) is 49.1 Å². The Bertz CT molecular complexity index is 345. The van der Waals surface area contributed by atoms with Crippen molar-refractivity contribution in [3.8, 4) is 0 Å². The van der Waals surface area contributed by atoms with E-state index < -0.39 is 0 Å². The summed E-state index contributed by atoms with van der Waals surface area (Å²) in [6.45, 7) is 10.4. The molecule has 0 aromatic heterocycles. The Morgan fingerprint density at radius 1 is 1.24 bits per heavy atom. The van der Waals surface area contributed by atoms with Crippen molar-refractivity contribution in [1.29, 1.82) is 0 Å². The van der Waals surface area contributed by atoms with Crippen LogP contribution in [-0.2, 0) is 0 Å². The summed E-state index contributed by atoms with van der Waals surface area (Å²) >= 11 is 0. The number of piperidine rings is 1. The molecule has 4 nitrogen and oxygen atoms in total. The molecule has 4 heteroatoms. The number of aliphatic imine (C=N–C) groups is 1. The Kier molecular flexibility index (Phi) is 5.91. The molecule has 0 aromatic carbocycles. The zero-order valence-electron chi connectivity index (χ0n) is 14.4. The number of rotatable bonds is 6. The fourth-order valence-corrected chi connectivity index (χ4v) is 3.40. The molecule has 2 atom stereocenters. The van der Waals surface area contributed by atoms with E-state index in [1.54, 1.807) is 0 Å². The average molecular weight is 294 g/mol. The van der Waals surface area contributed by atoms with Crippen molar-refractivity contribution < 1.29 is 0 Å². The first-order valence-corrected chi connectivity index (χ1v) is 8.79. The third kappa shape index (κ3) is 4.87. The molecule has 1 aliphatic carbocycles. The third-order valence-electron chi connectivity index (χ3n) is 5.03. The van der Waals surface area contributed by atoms with E-state index in [-0.39, 0.29) is 5.54 Å². The van der Waals surface area contributed by atoms with Crippen LogP contribution in [0.5, 0.6) is 0 Å². The van der Waals surface area contributed by atoms with Crippen LogP contribution in [0.3, 0.4) is 0 Å². The van der Waals surface area contributed by atoms with Crippen LogP contribution in [0.25, 0.3) is 0 Å². The summed E-state index contributed by atoms with van der Waals surface area (Å²) in [5.41, 5.74) is 0.199. The lowest BCUT2D eigenvalue weighted by Gasteiger charge is -2.41. The zero-order chi connectivity index (χ0) is 15.3. The topological polar surface area (TPSA) is 39.7 Å². The van der Waals surface area contributed by atoms with Crippen molar-refractivity contribution in [3.05, 3.63) is 0 Å². The summed E-state index contributed by atoms with van der Waals surface area (Å²) in [5, 5.41) is 7.11. The van der Waals surface area contributed by atoms with E-state index in [0.717, 1.165) is 18.4 Å². The molecule has 1 saturated heterocycles. The van der Waals surface area contributed by atoms with Crippen LogP contribution in [0.2, 0.25) is 0 Å². The number of hydrogen-bond donors (Lipinski definition) is 2. The molecule has 0 radical (unpaired) electrons. The first-order chi connectivity index (χ1) is 10.1. The van der Waals surface area contributed by atoms with Crippen LogP contribution in [0, 0.1) is 5.92 Å². The Hall–Kier alpha value is -0.770. The van der Waals surface area contributed by atoms with Gasteiger partial charge in [0.1, 0.15) is 0 Å². The highest BCUT2D eigenvalue weighted by Gasteiger charge is 2.37. The highest BCUT2D eigenvalue weighted by atomic mass is 15.3. The predicted molar refractivity (Wildman–Crippen MR) is 90.8 cm³/mol. The zero-order valence-corrected chi connectivity index (χ0v) is 14.4. The van der Waals surface area contributed by atoms with E-state index >= 15 is 0 Å². The van der Waals surface area contributed by atoms with Gasteiger partial charge in [0.05, 0.1) is 0 Å². The first-order valence-electron chi connectivity index (χ1n) is 8.79. The maximum Gasteiger partial charge on any atom is 0.191 e. The largest absolute Gasteiger partial charge is 0.355 e. The molecule has 0 amide bonds. The molecule has 0 spiro atoms. The van der Waals surface area contributed by atoms with Gasteiger partial charge in [-0.1, -0.05) is 19.8 Å². The average Bonchev–Trinajstić information content (AvgIpc) is 3.22. The monoisotopic (exact) mass is 294 g/mol. The van der Waals surface area contributed by atoms with Crippen molar-refractivity contribution in [2.75, 3.05) is 26.7 Å². The fourth-order valence-electron chi connectivity index (χ4n) is 3.40. The Morgan fingerprint density at radius 3 is 2.57 bits per heavy atom. The maximum absolute atomic E-state index is 4.39. The van der Waals surface area contributed by atoms with Crippen LogP contribution in [0.4, 0.5) is 0 Å². The molecule has 1 saturated carbocycles. The van der Waals surface area contributed by atoms with E-state index in [0.29, 0.717) is 6.04 Å². The number of guanidine groups is 1. The van der Waals surface area contributed by atoms with Gasteiger partial charge in [-0.2, -0.15) is 0 Å². The quantitative estimate of drug-likeness (QED) is 0.584. The molecular weight excluding hydrogens is 260 g/mol. The summed E-state index contributed by atoms with van der Waals surface area (Å²) in [7, 11) is 1.88. The molecule has 2 fully saturated rings. The fraction of sp³-hybridized carbons (Fsp3) is 0.941. The molecule has 0 bridgehead atoms. The molecule has 2 rings (SSSR count). The molecule has 1 heterocycles. The summed E-state index contributed by atoms with van der Waals surface area (Å²) in [6, 6.07) is 0.647. The van der Waals surface area contributed by atoms with Crippen molar-refractivity contribution in [3.63, 3.8) is 0 Å². The van der Waals surface area contributed by atoms with Gasteiger partial charge in [-0.3, -0.25) is 9.89 Å². The number of nitrogens with one attached hydrogen (secondary N) is 2. The van der Waals surface area contributed by atoms with E-state index in [9.17, 15) is 0 Å². The van der Waals surface area contributed by atoms with E-state index in [1.807, 2.05) is 7.05 Å². The molecule has 122 valence electrons. The summed E-state index contributed by atoms with van der Waals surface area (Å²) in [6.07, 6.45) is 8.02. The van der Waals surface area contributed by atoms with Gasteiger partial charge in [0.15, 0.2) is 5.96 Å². The highest BCUT2D eigenvalue weighted by Crippen LogP contribution is 2.34. The smallest absolute Gasteiger partial charge is 0.191 e. The second kappa shape index (κ2) is 7.48. The lowest BCUT2D eigenvalue weighted by atomic mass is 9.98. The van der Waals surface area contributed by atoms with Crippen LogP contribution in [0.15, 0.2) is 4.99 Å². The lowest BCUT2D eigenvalue weighted by molar-refractivity contribution is 0.0982. The number of nitrogens with zero attached hydrogens (tertiary/aromatic N) is 2.